The van der Waals surface area contributed by atoms with Crippen LogP contribution in [0.1, 0.15) is 28.9 Å². The highest BCUT2D eigenvalue weighted by Gasteiger charge is 2.18. The molecule has 0 bridgehead atoms. The molecule has 0 amide bonds. The summed E-state index contributed by atoms with van der Waals surface area (Å²) in [6.45, 7) is 2.85. The number of hydrogen-bond donors (Lipinski definition) is 0. The van der Waals surface area contributed by atoms with E-state index in [1.54, 1.807) is 37.4 Å². The van der Waals surface area contributed by atoms with E-state index in [2.05, 4.69) is 0 Å². The number of fused-ring (bicyclic) bond motifs is 1. The Bertz CT molecular complexity index is 769. The zero-order chi connectivity index (χ0) is 17.1. The number of esters is 1. The van der Waals surface area contributed by atoms with E-state index in [4.69, 9.17) is 14.2 Å². The minimum Gasteiger partial charge on any atom is -0.486 e. The molecule has 1 aliphatic heterocycles. The molecular weight excluding hydrogens is 328 g/mol. The summed E-state index contributed by atoms with van der Waals surface area (Å²) in [5, 5.41) is 0. The molecule has 6 heteroatoms. The maximum atomic E-state index is 12.2. The highest BCUT2D eigenvalue weighted by atomic mass is 32.2. The summed E-state index contributed by atoms with van der Waals surface area (Å²) in [6.07, 6.45) is 1.17. The zero-order valence-electron chi connectivity index (χ0n) is 13.5. The van der Waals surface area contributed by atoms with Gasteiger partial charge >= 0.3 is 5.97 Å². The van der Waals surface area contributed by atoms with Crippen LogP contribution in [-0.4, -0.2) is 29.6 Å². The summed E-state index contributed by atoms with van der Waals surface area (Å²) < 4.78 is 27.9. The molecular formula is C18H18O5S. The Hall–Kier alpha value is -2.34. The number of benzene rings is 2. The van der Waals surface area contributed by atoms with Gasteiger partial charge in [0.25, 0.3) is 0 Å². The van der Waals surface area contributed by atoms with E-state index in [0.29, 0.717) is 35.2 Å². The second-order valence-electron chi connectivity index (χ2n) is 5.43. The molecule has 0 aliphatic carbocycles. The van der Waals surface area contributed by atoms with Crippen molar-refractivity contribution in [2.45, 2.75) is 17.9 Å². The minimum absolute atomic E-state index is 0.423. The normalized spacial score (nSPS) is 15.4. The lowest BCUT2D eigenvalue weighted by atomic mass is 10.1. The van der Waals surface area contributed by atoms with Crippen molar-refractivity contribution in [1.29, 1.82) is 0 Å². The molecule has 0 radical (unpaired) electrons. The average Bonchev–Trinajstić information content (AvgIpc) is 2.61. The average molecular weight is 346 g/mol. The Morgan fingerprint density at radius 1 is 1.08 bits per heavy atom. The summed E-state index contributed by atoms with van der Waals surface area (Å²) in [5.41, 5.74) is 1.26. The van der Waals surface area contributed by atoms with E-state index >= 15 is 0 Å². The van der Waals surface area contributed by atoms with Crippen LogP contribution in [0, 0.1) is 0 Å². The molecule has 1 heterocycles. The Morgan fingerprint density at radius 2 is 1.75 bits per heavy atom. The van der Waals surface area contributed by atoms with Gasteiger partial charge in [0.15, 0.2) is 11.5 Å². The smallest absolute Gasteiger partial charge is 0.338 e. The van der Waals surface area contributed by atoms with Gasteiger partial charge in [0, 0.05) is 22.0 Å². The van der Waals surface area contributed by atoms with Crippen LogP contribution >= 0.6 is 0 Å². The van der Waals surface area contributed by atoms with Gasteiger partial charge in [-0.1, -0.05) is 6.07 Å². The molecule has 24 heavy (non-hydrogen) atoms. The number of rotatable bonds is 4. The Labute approximate surface area is 143 Å². The van der Waals surface area contributed by atoms with Gasteiger partial charge in [-0.3, -0.25) is 4.21 Å². The van der Waals surface area contributed by atoms with Crippen molar-refractivity contribution in [1.82, 2.24) is 0 Å². The first-order chi connectivity index (χ1) is 11.5. The van der Waals surface area contributed by atoms with Gasteiger partial charge in [-0.25, -0.2) is 4.79 Å². The lowest BCUT2D eigenvalue weighted by molar-refractivity contribution is 0.0336. The summed E-state index contributed by atoms with van der Waals surface area (Å²) in [5.74, 6) is 0.939. The molecule has 0 saturated carbocycles. The Balaban J connectivity index is 1.70. The summed E-state index contributed by atoms with van der Waals surface area (Å²) in [4.78, 5) is 12.9. The number of ether oxygens (including phenoxy) is 3. The molecule has 1 aliphatic rings. The topological polar surface area (TPSA) is 61.8 Å². The van der Waals surface area contributed by atoms with Crippen molar-refractivity contribution in [3.8, 4) is 11.5 Å². The predicted molar refractivity (Wildman–Crippen MR) is 90.0 cm³/mol. The zero-order valence-corrected chi connectivity index (χ0v) is 14.3. The SMILES string of the molecule is C[C@@H](OC(=O)c1ccc([S@](C)=O)cc1)c1ccc2c(c1)OCCO2. The first-order valence-electron chi connectivity index (χ1n) is 7.58. The Kier molecular flexibility index (Phi) is 4.85. The van der Waals surface area contributed by atoms with E-state index in [1.807, 2.05) is 18.2 Å². The molecule has 2 aromatic carbocycles. The molecule has 0 unspecified atom stereocenters. The number of hydrogen-bond acceptors (Lipinski definition) is 5. The van der Waals surface area contributed by atoms with Crippen LogP contribution < -0.4 is 9.47 Å². The lowest BCUT2D eigenvalue weighted by Gasteiger charge is -2.20. The van der Waals surface area contributed by atoms with E-state index in [0.717, 1.165) is 5.56 Å². The van der Waals surface area contributed by atoms with Crippen molar-refractivity contribution in [2.24, 2.45) is 0 Å². The molecule has 0 N–H and O–H groups in total. The van der Waals surface area contributed by atoms with Crippen LogP contribution in [0.3, 0.4) is 0 Å². The fourth-order valence-corrected chi connectivity index (χ4v) is 2.91. The Morgan fingerprint density at radius 3 is 2.42 bits per heavy atom. The van der Waals surface area contributed by atoms with E-state index in [-0.39, 0.29) is 0 Å². The second-order valence-corrected chi connectivity index (χ2v) is 6.81. The summed E-state index contributed by atoms with van der Waals surface area (Å²) >= 11 is 0. The van der Waals surface area contributed by atoms with Gasteiger partial charge in [-0.2, -0.15) is 0 Å². The molecule has 0 saturated heterocycles. The lowest BCUT2D eigenvalue weighted by Crippen LogP contribution is -2.16. The molecule has 5 nitrogen and oxygen atoms in total. The summed E-state index contributed by atoms with van der Waals surface area (Å²) in [6, 6.07) is 12.1. The van der Waals surface area contributed by atoms with Crippen molar-refractivity contribution in [3.63, 3.8) is 0 Å². The van der Waals surface area contributed by atoms with Crippen LogP contribution in [0.2, 0.25) is 0 Å². The quantitative estimate of drug-likeness (QED) is 0.796. The maximum Gasteiger partial charge on any atom is 0.338 e. The van der Waals surface area contributed by atoms with Crippen molar-refractivity contribution in [3.05, 3.63) is 53.6 Å². The highest BCUT2D eigenvalue weighted by molar-refractivity contribution is 7.84. The van der Waals surface area contributed by atoms with Crippen LogP contribution in [0.15, 0.2) is 47.4 Å². The van der Waals surface area contributed by atoms with Crippen molar-refractivity contribution in [2.75, 3.05) is 19.5 Å². The molecule has 0 spiro atoms. The number of carbonyl (C=O) groups excluding carboxylic acids is 1. The first kappa shape index (κ1) is 16.5. The van der Waals surface area contributed by atoms with E-state index in [9.17, 15) is 9.00 Å². The van der Waals surface area contributed by atoms with Gasteiger partial charge in [0.1, 0.15) is 19.3 Å². The largest absolute Gasteiger partial charge is 0.486 e. The van der Waals surface area contributed by atoms with Gasteiger partial charge < -0.3 is 14.2 Å². The fourth-order valence-electron chi connectivity index (χ4n) is 2.39. The molecule has 2 atom stereocenters. The van der Waals surface area contributed by atoms with Gasteiger partial charge in [-0.05, 0) is 48.9 Å². The number of carbonyl (C=O) groups is 1. The van der Waals surface area contributed by atoms with E-state index < -0.39 is 22.9 Å². The van der Waals surface area contributed by atoms with Gasteiger partial charge in [0.05, 0.1) is 5.56 Å². The van der Waals surface area contributed by atoms with Crippen LogP contribution in [-0.2, 0) is 15.5 Å². The fraction of sp³-hybridized carbons (Fsp3) is 0.278. The first-order valence-corrected chi connectivity index (χ1v) is 9.14. The third kappa shape index (κ3) is 3.59. The third-order valence-corrected chi connectivity index (χ3v) is 4.68. The predicted octanol–water partition coefficient (Wildman–Crippen LogP) is 3.11. The highest BCUT2D eigenvalue weighted by Crippen LogP contribution is 2.33. The van der Waals surface area contributed by atoms with Crippen molar-refractivity contribution < 1.29 is 23.2 Å². The second kappa shape index (κ2) is 7.05. The molecule has 126 valence electrons. The summed E-state index contributed by atoms with van der Waals surface area (Å²) in [7, 11) is -1.07. The minimum atomic E-state index is -1.07. The third-order valence-electron chi connectivity index (χ3n) is 3.74. The van der Waals surface area contributed by atoms with Crippen LogP contribution in [0.25, 0.3) is 0 Å². The monoisotopic (exact) mass is 346 g/mol. The standard InChI is InChI=1S/C18H18O5S/c1-12(14-5-8-16-17(11-14)22-10-9-21-16)23-18(19)13-3-6-15(7-4-13)24(2)20/h3-8,11-12H,9-10H2,1-2H3/t12-,24+/m1/s1. The van der Waals surface area contributed by atoms with Crippen molar-refractivity contribution >= 4 is 16.8 Å². The molecule has 2 aromatic rings. The van der Waals surface area contributed by atoms with Crippen LogP contribution in [0.5, 0.6) is 11.5 Å². The maximum absolute atomic E-state index is 12.2. The molecule has 0 fully saturated rings. The molecule has 3 rings (SSSR count). The van der Waals surface area contributed by atoms with Gasteiger partial charge in [-0.15, -0.1) is 0 Å². The molecule has 0 aromatic heterocycles. The van der Waals surface area contributed by atoms with Crippen LogP contribution in [0.4, 0.5) is 0 Å². The van der Waals surface area contributed by atoms with Gasteiger partial charge in [0.2, 0.25) is 0 Å². The van der Waals surface area contributed by atoms with E-state index in [1.165, 1.54) is 0 Å².